The quantitative estimate of drug-likeness (QED) is 0.185. The molecule has 34 heavy (non-hydrogen) atoms. The third-order valence-electron chi connectivity index (χ3n) is 4.21. The normalized spacial score (nSPS) is 10.7. The average Bonchev–Trinajstić information content (AvgIpc) is 3.10. The molecule has 0 aliphatic heterocycles. The largest absolute Gasteiger partial charge is 0.494 e. The van der Waals surface area contributed by atoms with Gasteiger partial charge in [-0.2, -0.15) is 5.10 Å². The summed E-state index contributed by atoms with van der Waals surface area (Å²) >= 11 is 12.4. The lowest BCUT2D eigenvalue weighted by molar-refractivity contribution is 0.0527. The van der Waals surface area contributed by atoms with Gasteiger partial charge in [-0.3, -0.25) is 0 Å². The number of benzene rings is 2. The molecule has 0 fully saturated rings. The molecule has 9 nitrogen and oxygen atoms in total. The van der Waals surface area contributed by atoms with E-state index in [9.17, 15) is 9.59 Å². The van der Waals surface area contributed by atoms with E-state index < -0.39 is 12.0 Å². The molecule has 0 radical (unpaired) electrons. The Balaban J connectivity index is 1.72. The number of esters is 1. The van der Waals surface area contributed by atoms with Gasteiger partial charge in [0.15, 0.2) is 5.76 Å². The van der Waals surface area contributed by atoms with E-state index >= 15 is 0 Å². The zero-order valence-electron chi connectivity index (χ0n) is 18.4. The van der Waals surface area contributed by atoms with Crippen LogP contribution in [0.15, 0.2) is 58.0 Å². The lowest BCUT2D eigenvalue weighted by Gasteiger charge is -2.06. The molecule has 3 rings (SSSR count). The first kappa shape index (κ1) is 24.9. The van der Waals surface area contributed by atoms with Crippen LogP contribution in [0.25, 0.3) is 0 Å². The summed E-state index contributed by atoms with van der Waals surface area (Å²) in [6.45, 7) is 4.25. The zero-order chi connectivity index (χ0) is 24.5. The third kappa shape index (κ3) is 6.66. The van der Waals surface area contributed by atoms with E-state index in [1.807, 2.05) is 6.92 Å². The molecule has 0 saturated carbocycles. The first-order valence-corrected chi connectivity index (χ1v) is 11.0. The van der Waals surface area contributed by atoms with Gasteiger partial charge in [-0.25, -0.2) is 15.0 Å². The number of furan rings is 1. The minimum atomic E-state index is -0.679. The predicted molar refractivity (Wildman–Crippen MR) is 132 cm³/mol. The van der Waals surface area contributed by atoms with Crippen LogP contribution in [0.5, 0.6) is 5.75 Å². The smallest absolute Gasteiger partial charge is 0.345 e. The molecule has 0 unspecified atom stereocenters. The van der Waals surface area contributed by atoms with Gasteiger partial charge in [0.1, 0.15) is 16.3 Å². The number of hydrogen-bond acceptors (Lipinski definition) is 7. The zero-order valence-corrected chi connectivity index (χ0v) is 19.9. The summed E-state index contributed by atoms with van der Waals surface area (Å²) in [7, 11) is 0. The van der Waals surface area contributed by atoms with Crippen molar-refractivity contribution < 1.29 is 23.5 Å². The molecule has 3 N–H and O–H groups in total. The summed E-state index contributed by atoms with van der Waals surface area (Å²) in [5.74, 6) is 0.0989. The summed E-state index contributed by atoms with van der Waals surface area (Å²) in [4.78, 5) is 24.5. The fraction of sp³-hybridized carbons (Fsp3) is 0.174. The molecule has 0 atom stereocenters. The van der Waals surface area contributed by atoms with Crippen LogP contribution in [-0.2, 0) is 4.74 Å². The van der Waals surface area contributed by atoms with Crippen molar-refractivity contribution in [2.75, 3.05) is 23.8 Å². The van der Waals surface area contributed by atoms with Crippen molar-refractivity contribution >= 4 is 58.7 Å². The fourth-order valence-electron chi connectivity index (χ4n) is 2.79. The first-order valence-electron chi connectivity index (χ1n) is 10.3. The molecule has 3 aromatic rings. The Bertz CT molecular complexity index is 1180. The molecule has 0 aliphatic rings. The number of halogens is 2. The van der Waals surface area contributed by atoms with E-state index in [0.717, 1.165) is 0 Å². The number of urea groups is 1. The number of hydrazone groups is 1. The van der Waals surface area contributed by atoms with Gasteiger partial charge < -0.3 is 24.5 Å². The summed E-state index contributed by atoms with van der Waals surface area (Å²) in [5, 5.41) is 9.87. The van der Waals surface area contributed by atoms with E-state index in [1.165, 1.54) is 6.21 Å². The minimum Gasteiger partial charge on any atom is -0.494 e. The maximum Gasteiger partial charge on any atom is 0.345 e. The molecular formula is C23H22Cl2N4O5. The van der Waals surface area contributed by atoms with Crippen molar-refractivity contribution in [2.24, 2.45) is 5.10 Å². The molecule has 11 heteroatoms. The molecule has 2 aromatic carbocycles. The van der Waals surface area contributed by atoms with E-state index in [2.05, 4.69) is 21.2 Å². The maximum absolute atomic E-state index is 12.4. The number of nitrogens with zero attached hydrogens (tertiary/aromatic N) is 1. The second kappa shape index (κ2) is 12.0. The van der Waals surface area contributed by atoms with Crippen LogP contribution in [-0.4, -0.2) is 31.4 Å². The van der Waals surface area contributed by atoms with E-state index in [4.69, 9.17) is 37.1 Å². The molecule has 0 spiro atoms. The number of anilines is 3. The van der Waals surface area contributed by atoms with Crippen molar-refractivity contribution in [2.45, 2.75) is 13.8 Å². The summed E-state index contributed by atoms with van der Waals surface area (Å²) in [6.07, 6.45) is 1.17. The van der Waals surface area contributed by atoms with Gasteiger partial charge >= 0.3 is 12.0 Å². The topological polar surface area (TPSA) is 114 Å². The monoisotopic (exact) mass is 504 g/mol. The molecule has 0 bridgehead atoms. The van der Waals surface area contributed by atoms with Crippen molar-refractivity contribution in [1.29, 1.82) is 0 Å². The number of nitrogens with one attached hydrogen (secondary N) is 3. The third-order valence-corrected chi connectivity index (χ3v) is 4.82. The lowest BCUT2D eigenvalue weighted by Crippen LogP contribution is -2.24. The van der Waals surface area contributed by atoms with Crippen LogP contribution < -0.4 is 20.8 Å². The van der Waals surface area contributed by atoms with Gasteiger partial charge in [0.2, 0.25) is 5.88 Å². The Morgan fingerprint density at radius 2 is 1.82 bits per heavy atom. The number of ether oxygens (including phenoxy) is 2. The molecule has 178 valence electrons. The molecule has 2 amide bonds. The SMILES string of the molecule is CCOC(=O)c1c(Nc2cccc(Cl)c2)oc(/C=N\NC(=O)Nc2ccc(OCC)cc2)c1Cl. The van der Waals surface area contributed by atoms with Crippen LogP contribution in [0, 0.1) is 0 Å². The second-order valence-electron chi connectivity index (χ2n) is 6.62. The lowest BCUT2D eigenvalue weighted by atomic mass is 10.2. The van der Waals surface area contributed by atoms with Crippen LogP contribution in [0.4, 0.5) is 22.1 Å². The average molecular weight is 505 g/mol. The highest BCUT2D eigenvalue weighted by molar-refractivity contribution is 6.36. The van der Waals surface area contributed by atoms with E-state index in [-0.39, 0.29) is 28.8 Å². The minimum absolute atomic E-state index is 0.0104. The Kier molecular flexibility index (Phi) is 8.78. The van der Waals surface area contributed by atoms with Gasteiger partial charge in [-0.05, 0) is 56.3 Å². The van der Waals surface area contributed by atoms with Crippen molar-refractivity contribution in [3.8, 4) is 5.75 Å². The van der Waals surface area contributed by atoms with Crippen molar-refractivity contribution in [3.63, 3.8) is 0 Å². The first-order chi connectivity index (χ1) is 16.4. The van der Waals surface area contributed by atoms with Crippen LogP contribution in [0.1, 0.15) is 30.0 Å². The predicted octanol–water partition coefficient (Wildman–Crippen LogP) is 6.06. The fourth-order valence-corrected chi connectivity index (χ4v) is 3.23. The van der Waals surface area contributed by atoms with E-state index in [0.29, 0.717) is 28.8 Å². The Morgan fingerprint density at radius 1 is 1.06 bits per heavy atom. The van der Waals surface area contributed by atoms with Crippen LogP contribution in [0.3, 0.4) is 0 Å². The van der Waals surface area contributed by atoms with Gasteiger partial charge in [-0.1, -0.05) is 29.3 Å². The molecule has 1 heterocycles. The summed E-state index contributed by atoms with van der Waals surface area (Å²) < 4.78 is 16.1. The molecule has 0 aliphatic carbocycles. The Morgan fingerprint density at radius 3 is 2.50 bits per heavy atom. The van der Waals surface area contributed by atoms with Crippen molar-refractivity contribution in [1.82, 2.24) is 5.43 Å². The van der Waals surface area contributed by atoms with Gasteiger partial charge in [0.05, 0.1) is 19.4 Å². The second-order valence-corrected chi connectivity index (χ2v) is 7.44. The van der Waals surface area contributed by atoms with Crippen molar-refractivity contribution in [3.05, 3.63) is 69.9 Å². The molecule has 1 aromatic heterocycles. The van der Waals surface area contributed by atoms with E-state index in [1.54, 1.807) is 55.5 Å². The Labute approximate surface area is 206 Å². The highest BCUT2D eigenvalue weighted by Gasteiger charge is 2.25. The summed E-state index contributed by atoms with van der Waals surface area (Å²) in [5.41, 5.74) is 3.41. The maximum atomic E-state index is 12.4. The number of carbonyl (C=O) groups excluding carboxylic acids is 2. The Hall–Kier alpha value is -3.69. The van der Waals surface area contributed by atoms with Crippen LogP contribution in [0.2, 0.25) is 10.0 Å². The highest BCUT2D eigenvalue weighted by Crippen LogP contribution is 2.34. The number of hydrogen-bond donors (Lipinski definition) is 3. The highest BCUT2D eigenvalue weighted by atomic mass is 35.5. The molecular weight excluding hydrogens is 483 g/mol. The van der Waals surface area contributed by atoms with Gasteiger partial charge in [0.25, 0.3) is 0 Å². The van der Waals surface area contributed by atoms with Gasteiger partial charge in [-0.15, -0.1) is 0 Å². The number of carbonyl (C=O) groups is 2. The molecule has 0 saturated heterocycles. The number of amides is 2. The standard InChI is InChI=1S/C23H22Cl2N4O5/c1-3-32-17-10-8-15(9-11-17)28-23(31)29-26-13-18-20(25)19(22(30)33-4-2)21(34-18)27-16-7-5-6-14(24)12-16/h5-13,27H,3-4H2,1-2H3,(H2,28,29,31)/b26-13-. The summed E-state index contributed by atoms with van der Waals surface area (Å²) in [6, 6.07) is 13.1. The van der Waals surface area contributed by atoms with Gasteiger partial charge in [0, 0.05) is 16.4 Å². The van der Waals surface area contributed by atoms with Crippen LogP contribution >= 0.6 is 23.2 Å². The number of rotatable bonds is 9.